The molecule has 1 unspecified atom stereocenters. The molecule has 0 spiro atoms. The van der Waals surface area contributed by atoms with Gasteiger partial charge in [-0.25, -0.2) is 4.98 Å². The van der Waals surface area contributed by atoms with E-state index in [-0.39, 0.29) is 17.2 Å². The topological polar surface area (TPSA) is 126 Å². The molecule has 0 aliphatic carbocycles. The number of rotatable bonds is 5. The Labute approximate surface area is 101 Å². The fourth-order valence-corrected chi connectivity index (χ4v) is 1.59. The summed E-state index contributed by atoms with van der Waals surface area (Å²) in [7, 11) is 0. The molecule has 0 aliphatic heterocycles. The van der Waals surface area contributed by atoms with E-state index in [1.165, 1.54) is 12.3 Å². The lowest BCUT2D eigenvalue weighted by molar-refractivity contribution is -0.138. The molecule has 0 saturated heterocycles. The lowest BCUT2D eigenvalue weighted by atomic mass is 10.2. The first kappa shape index (κ1) is 13.1. The number of ether oxygens (including phenoxy) is 1. The Balaban J connectivity index is 2.59. The zero-order chi connectivity index (χ0) is 13.0. The van der Waals surface area contributed by atoms with Gasteiger partial charge in [-0.1, -0.05) is 0 Å². The highest BCUT2D eigenvalue weighted by atomic mass is 32.1. The van der Waals surface area contributed by atoms with Gasteiger partial charge in [0.2, 0.25) is 0 Å². The monoisotopic (exact) mass is 257 g/mol. The van der Waals surface area contributed by atoms with Gasteiger partial charge in [0.05, 0.1) is 6.42 Å². The van der Waals surface area contributed by atoms with E-state index in [1.54, 1.807) is 0 Å². The number of carboxylic acids is 1. The Kier molecular flexibility index (Phi) is 4.16. The van der Waals surface area contributed by atoms with Crippen LogP contribution >= 0.6 is 11.3 Å². The number of hydrogen-bond acceptors (Lipinski definition) is 7. The van der Waals surface area contributed by atoms with Crippen molar-refractivity contribution < 1.29 is 19.4 Å². The van der Waals surface area contributed by atoms with Gasteiger partial charge in [-0.3, -0.25) is 15.0 Å². The summed E-state index contributed by atoms with van der Waals surface area (Å²) < 4.78 is 4.86. The minimum atomic E-state index is -1.06. The summed E-state index contributed by atoms with van der Waals surface area (Å²) >= 11 is 1.08. The molecule has 0 fully saturated rings. The Morgan fingerprint density at radius 1 is 1.71 bits per heavy atom. The number of nitrogen functional groups attached to an aromatic ring is 1. The number of carbonyl (C=O) groups is 2. The van der Waals surface area contributed by atoms with E-state index in [0.717, 1.165) is 11.3 Å². The third-order valence-electron chi connectivity index (χ3n) is 1.74. The van der Waals surface area contributed by atoms with Gasteiger partial charge >= 0.3 is 5.97 Å². The predicted octanol–water partition coefficient (Wildman–Crippen LogP) is 0.765. The van der Waals surface area contributed by atoms with Crippen LogP contribution in [0.1, 0.15) is 23.8 Å². The Hall–Kier alpha value is -1.96. The number of aromatic nitrogens is 1. The third-order valence-corrected chi connectivity index (χ3v) is 2.42. The minimum Gasteiger partial charge on any atom is -0.481 e. The maximum absolute atomic E-state index is 11.6. The number of hydrogen-bond donors (Lipinski definition) is 3. The smallest absolute Gasteiger partial charge is 0.307 e. The quantitative estimate of drug-likeness (QED) is 0.406. The molecule has 7 nitrogen and oxygen atoms in total. The van der Waals surface area contributed by atoms with E-state index < -0.39 is 23.8 Å². The van der Waals surface area contributed by atoms with Crippen molar-refractivity contribution in [1.82, 2.24) is 4.98 Å². The van der Waals surface area contributed by atoms with Gasteiger partial charge in [-0.05, 0) is 6.92 Å². The van der Waals surface area contributed by atoms with E-state index in [2.05, 4.69) is 4.98 Å². The van der Waals surface area contributed by atoms with Crippen LogP contribution in [-0.4, -0.2) is 33.8 Å². The molecule has 1 rings (SSSR count). The Bertz CT molecular complexity index is 457. The summed E-state index contributed by atoms with van der Waals surface area (Å²) in [6.07, 6.45) is -1.03. The average molecular weight is 257 g/mol. The number of carbonyl (C=O) groups excluding carboxylic acids is 1. The van der Waals surface area contributed by atoms with Crippen molar-refractivity contribution in [2.45, 2.75) is 19.4 Å². The number of nitrogens with zero attached hydrogens (tertiary/aromatic N) is 1. The molecule has 0 aliphatic rings. The van der Waals surface area contributed by atoms with Crippen LogP contribution in [0.2, 0.25) is 0 Å². The second-order valence-corrected chi connectivity index (χ2v) is 4.15. The standard InChI is InChI=1S/C9H11N3O4S/c1-4(2-6(13)14)16-8(10)7(15)5-3-17-9(11)12-5/h3-4,10H,2H2,1H3,(H2,11,12)(H,13,14). The van der Waals surface area contributed by atoms with Crippen LogP contribution in [-0.2, 0) is 9.53 Å². The summed E-state index contributed by atoms with van der Waals surface area (Å²) in [6, 6.07) is 0. The second kappa shape index (κ2) is 5.39. The molecule has 0 saturated carbocycles. The molecule has 1 atom stereocenters. The number of nitrogens with two attached hydrogens (primary N) is 1. The van der Waals surface area contributed by atoms with Gasteiger partial charge < -0.3 is 15.6 Å². The first-order valence-electron chi connectivity index (χ1n) is 4.63. The summed E-state index contributed by atoms with van der Waals surface area (Å²) in [5, 5.41) is 17.5. The zero-order valence-electron chi connectivity index (χ0n) is 8.97. The van der Waals surface area contributed by atoms with E-state index in [9.17, 15) is 9.59 Å². The predicted molar refractivity (Wildman–Crippen MR) is 61.4 cm³/mol. The lowest BCUT2D eigenvalue weighted by Crippen LogP contribution is -2.24. The van der Waals surface area contributed by atoms with E-state index in [0.29, 0.717) is 0 Å². The Morgan fingerprint density at radius 2 is 2.35 bits per heavy atom. The molecule has 0 amide bonds. The lowest BCUT2D eigenvalue weighted by Gasteiger charge is -2.11. The molecule has 92 valence electrons. The molecular formula is C9H11N3O4S. The molecule has 0 radical (unpaired) electrons. The highest BCUT2D eigenvalue weighted by Gasteiger charge is 2.20. The summed E-state index contributed by atoms with van der Waals surface area (Å²) in [6.45, 7) is 1.46. The van der Waals surface area contributed by atoms with Crippen molar-refractivity contribution in [3.63, 3.8) is 0 Å². The first-order valence-corrected chi connectivity index (χ1v) is 5.50. The van der Waals surface area contributed by atoms with Gasteiger partial charge in [0.15, 0.2) is 5.13 Å². The number of nitrogens with one attached hydrogen (secondary N) is 1. The molecule has 1 heterocycles. The van der Waals surface area contributed by atoms with E-state index >= 15 is 0 Å². The molecule has 17 heavy (non-hydrogen) atoms. The number of aliphatic carboxylic acids is 1. The second-order valence-electron chi connectivity index (χ2n) is 3.26. The molecule has 8 heteroatoms. The maximum Gasteiger partial charge on any atom is 0.307 e. The summed E-state index contributed by atoms with van der Waals surface area (Å²) in [4.78, 5) is 25.7. The van der Waals surface area contributed by atoms with Crippen LogP contribution in [0.5, 0.6) is 0 Å². The summed E-state index contributed by atoms with van der Waals surface area (Å²) in [5.74, 6) is -2.41. The fourth-order valence-electron chi connectivity index (χ4n) is 1.05. The number of anilines is 1. The third kappa shape index (κ3) is 3.83. The van der Waals surface area contributed by atoms with Crippen molar-refractivity contribution in [1.29, 1.82) is 5.41 Å². The van der Waals surface area contributed by atoms with Gasteiger partial charge in [0.25, 0.3) is 11.7 Å². The molecule has 0 bridgehead atoms. The average Bonchev–Trinajstić information content (AvgIpc) is 2.62. The molecule has 1 aromatic rings. The van der Waals surface area contributed by atoms with Crippen LogP contribution in [0.3, 0.4) is 0 Å². The molecule has 1 aromatic heterocycles. The highest BCUT2D eigenvalue weighted by Crippen LogP contribution is 2.12. The van der Waals surface area contributed by atoms with Crippen molar-refractivity contribution in [2.75, 3.05) is 5.73 Å². The number of ketones is 1. The van der Waals surface area contributed by atoms with E-state index in [4.69, 9.17) is 21.0 Å². The van der Waals surface area contributed by atoms with Crippen LogP contribution in [0.25, 0.3) is 0 Å². The highest BCUT2D eigenvalue weighted by molar-refractivity contribution is 7.13. The van der Waals surface area contributed by atoms with E-state index in [1.807, 2.05) is 0 Å². The minimum absolute atomic E-state index is 0.0278. The number of thiazole rings is 1. The Morgan fingerprint density at radius 3 is 2.82 bits per heavy atom. The zero-order valence-corrected chi connectivity index (χ0v) is 9.78. The SMILES string of the molecule is CC(CC(=O)O)OC(=N)C(=O)c1csc(N)n1. The largest absolute Gasteiger partial charge is 0.481 e. The number of carboxylic acid groups (broad SMARTS) is 1. The number of Topliss-reactive ketones (excluding diaryl/α,β-unsaturated/α-hetero) is 1. The van der Waals surface area contributed by atoms with Crippen LogP contribution in [0.15, 0.2) is 5.38 Å². The van der Waals surface area contributed by atoms with Crippen LogP contribution in [0.4, 0.5) is 5.13 Å². The molecule has 0 aromatic carbocycles. The van der Waals surface area contributed by atoms with Crippen LogP contribution < -0.4 is 5.73 Å². The van der Waals surface area contributed by atoms with Crippen molar-refractivity contribution in [3.05, 3.63) is 11.1 Å². The van der Waals surface area contributed by atoms with Gasteiger partial charge in [0, 0.05) is 5.38 Å². The first-order chi connectivity index (χ1) is 7.90. The fraction of sp³-hybridized carbons (Fsp3) is 0.333. The van der Waals surface area contributed by atoms with Gasteiger partial charge in [-0.2, -0.15) is 0 Å². The maximum atomic E-state index is 11.6. The molecule has 4 N–H and O–H groups in total. The van der Waals surface area contributed by atoms with Gasteiger partial charge in [-0.15, -0.1) is 11.3 Å². The van der Waals surface area contributed by atoms with Crippen molar-refractivity contribution >= 4 is 34.1 Å². The van der Waals surface area contributed by atoms with Gasteiger partial charge in [0.1, 0.15) is 11.8 Å². The van der Waals surface area contributed by atoms with Crippen molar-refractivity contribution in [3.8, 4) is 0 Å². The summed E-state index contributed by atoms with van der Waals surface area (Å²) in [5.41, 5.74) is 5.38. The molecular weight excluding hydrogens is 246 g/mol. The van der Waals surface area contributed by atoms with Crippen molar-refractivity contribution in [2.24, 2.45) is 0 Å². The normalized spacial score (nSPS) is 11.8. The van der Waals surface area contributed by atoms with Crippen LogP contribution in [0, 0.1) is 5.41 Å².